The van der Waals surface area contributed by atoms with E-state index in [1.54, 1.807) is 18.4 Å². The van der Waals surface area contributed by atoms with Gasteiger partial charge in [0.25, 0.3) is 0 Å². The van der Waals surface area contributed by atoms with Gasteiger partial charge in [0, 0.05) is 18.0 Å². The third kappa shape index (κ3) is 2.77. The van der Waals surface area contributed by atoms with Gasteiger partial charge in [-0.25, -0.2) is 14.5 Å². The lowest BCUT2D eigenvalue weighted by Gasteiger charge is -2.06. The quantitative estimate of drug-likeness (QED) is 0.694. The highest BCUT2D eigenvalue weighted by Crippen LogP contribution is 2.27. The Morgan fingerprint density at radius 2 is 2.14 bits per heavy atom. The van der Waals surface area contributed by atoms with Gasteiger partial charge in [-0.2, -0.15) is 5.10 Å². The summed E-state index contributed by atoms with van der Waals surface area (Å²) in [5.74, 6) is 0.401. The number of hydrogen-bond acceptors (Lipinski definition) is 4. The summed E-state index contributed by atoms with van der Waals surface area (Å²) in [7, 11) is 1.69. The molecule has 3 rings (SSSR count). The second kappa shape index (κ2) is 5.83. The van der Waals surface area contributed by atoms with E-state index in [1.165, 1.54) is 15.6 Å². The normalized spacial score (nSPS) is 11.0. The van der Waals surface area contributed by atoms with Crippen molar-refractivity contribution in [1.82, 2.24) is 19.3 Å². The summed E-state index contributed by atoms with van der Waals surface area (Å²) < 4.78 is 2.90. The topological polar surface area (TPSA) is 52.7 Å². The molecule has 0 spiro atoms. The molecule has 7 heteroatoms. The van der Waals surface area contributed by atoms with Crippen LogP contribution in [-0.2, 0) is 19.5 Å². The molecule has 0 fully saturated rings. The first-order chi connectivity index (χ1) is 10.2. The Hall–Kier alpha value is -1.92. The maximum atomic E-state index is 11.9. The lowest BCUT2D eigenvalue weighted by molar-refractivity contribution is 0.647. The molecule has 2 aromatic heterocycles. The van der Waals surface area contributed by atoms with Gasteiger partial charge in [0.05, 0.1) is 18.1 Å². The van der Waals surface area contributed by atoms with Crippen molar-refractivity contribution in [1.29, 1.82) is 0 Å². The minimum atomic E-state index is -0.134. The first kappa shape index (κ1) is 14.0. The number of alkyl halides is 1. The predicted molar refractivity (Wildman–Crippen MR) is 83.7 cm³/mol. The Balaban J connectivity index is 2.00. The molecule has 0 aliphatic heterocycles. The molecule has 3 aromatic rings. The van der Waals surface area contributed by atoms with Crippen molar-refractivity contribution in [2.24, 2.45) is 7.05 Å². The number of benzene rings is 1. The average molecular weight is 321 g/mol. The van der Waals surface area contributed by atoms with E-state index >= 15 is 0 Å². The number of nitrogens with zero attached hydrogens (tertiary/aromatic N) is 4. The monoisotopic (exact) mass is 320 g/mol. The number of rotatable bonds is 4. The fraction of sp³-hybridized carbons (Fsp3) is 0.214. The van der Waals surface area contributed by atoms with Crippen molar-refractivity contribution in [3.8, 4) is 10.6 Å². The largest absolute Gasteiger partial charge is 0.345 e. The lowest BCUT2D eigenvalue weighted by Crippen LogP contribution is -2.23. The van der Waals surface area contributed by atoms with Crippen LogP contribution >= 0.6 is 22.9 Å². The van der Waals surface area contributed by atoms with Crippen molar-refractivity contribution < 1.29 is 0 Å². The van der Waals surface area contributed by atoms with Crippen LogP contribution in [0.3, 0.4) is 0 Å². The maximum Gasteiger partial charge on any atom is 0.345 e. The SMILES string of the molecule is Cn1cnn(Cc2ccccc2-c2nc(CCl)cs2)c1=O. The number of thiazole rings is 1. The van der Waals surface area contributed by atoms with Crippen molar-refractivity contribution in [3.05, 3.63) is 57.7 Å². The van der Waals surface area contributed by atoms with E-state index in [0.29, 0.717) is 12.4 Å². The molecule has 0 amide bonds. The first-order valence-electron chi connectivity index (χ1n) is 6.36. The Kier molecular flexibility index (Phi) is 3.90. The second-order valence-corrected chi connectivity index (χ2v) is 5.74. The summed E-state index contributed by atoms with van der Waals surface area (Å²) in [5, 5.41) is 6.95. The molecule has 0 aliphatic carbocycles. The summed E-state index contributed by atoms with van der Waals surface area (Å²) in [6.07, 6.45) is 1.51. The Bertz CT molecular complexity index is 820. The van der Waals surface area contributed by atoms with Gasteiger partial charge in [-0.05, 0) is 5.56 Å². The van der Waals surface area contributed by atoms with Crippen LogP contribution in [0.1, 0.15) is 11.3 Å². The van der Waals surface area contributed by atoms with Gasteiger partial charge in [-0.15, -0.1) is 22.9 Å². The molecule has 2 heterocycles. The Labute approximate surface area is 130 Å². The lowest BCUT2D eigenvalue weighted by atomic mass is 10.1. The molecule has 0 saturated heterocycles. The van der Waals surface area contributed by atoms with Crippen LogP contribution in [0.4, 0.5) is 0 Å². The zero-order valence-electron chi connectivity index (χ0n) is 11.4. The molecular formula is C14H13ClN4OS. The highest BCUT2D eigenvalue weighted by atomic mass is 35.5. The molecule has 108 valence electrons. The second-order valence-electron chi connectivity index (χ2n) is 4.62. The van der Waals surface area contributed by atoms with E-state index in [-0.39, 0.29) is 5.69 Å². The first-order valence-corrected chi connectivity index (χ1v) is 7.77. The minimum Gasteiger partial charge on any atom is -0.285 e. The molecule has 0 N–H and O–H groups in total. The van der Waals surface area contributed by atoms with Crippen LogP contribution in [0.25, 0.3) is 10.6 Å². The molecule has 5 nitrogen and oxygen atoms in total. The van der Waals surface area contributed by atoms with Crippen molar-refractivity contribution in [3.63, 3.8) is 0 Å². The predicted octanol–water partition coefficient (Wildman–Crippen LogP) is 2.49. The van der Waals surface area contributed by atoms with Gasteiger partial charge in [0.1, 0.15) is 11.3 Å². The molecule has 1 aromatic carbocycles. The van der Waals surface area contributed by atoms with E-state index in [9.17, 15) is 4.79 Å². The summed E-state index contributed by atoms with van der Waals surface area (Å²) >= 11 is 7.36. The fourth-order valence-electron chi connectivity index (χ4n) is 2.05. The Morgan fingerprint density at radius 1 is 1.33 bits per heavy atom. The molecule has 0 aliphatic rings. The van der Waals surface area contributed by atoms with E-state index in [1.807, 2.05) is 29.6 Å². The number of hydrogen-bond donors (Lipinski definition) is 0. The van der Waals surface area contributed by atoms with Crippen molar-refractivity contribution in [2.75, 3.05) is 0 Å². The molecule has 0 bridgehead atoms. The molecule has 21 heavy (non-hydrogen) atoms. The molecule has 0 radical (unpaired) electrons. The maximum absolute atomic E-state index is 11.9. The minimum absolute atomic E-state index is 0.134. The zero-order valence-corrected chi connectivity index (χ0v) is 12.9. The highest BCUT2D eigenvalue weighted by Gasteiger charge is 2.11. The van der Waals surface area contributed by atoms with Crippen LogP contribution in [0, 0.1) is 0 Å². The van der Waals surface area contributed by atoms with Crippen LogP contribution in [-0.4, -0.2) is 19.3 Å². The van der Waals surface area contributed by atoms with Gasteiger partial charge in [0.2, 0.25) is 0 Å². The van der Waals surface area contributed by atoms with Crippen LogP contribution in [0.5, 0.6) is 0 Å². The smallest absolute Gasteiger partial charge is 0.285 e. The highest BCUT2D eigenvalue weighted by molar-refractivity contribution is 7.13. The van der Waals surface area contributed by atoms with Crippen molar-refractivity contribution in [2.45, 2.75) is 12.4 Å². The van der Waals surface area contributed by atoms with Crippen LogP contribution in [0.2, 0.25) is 0 Å². The standard InChI is InChI=1S/C14H13ClN4OS/c1-18-9-16-19(14(18)20)7-10-4-2-3-5-12(10)13-17-11(6-15)8-21-13/h2-5,8-9H,6-7H2,1H3. The van der Waals surface area contributed by atoms with E-state index in [4.69, 9.17) is 11.6 Å². The van der Waals surface area contributed by atoms with E-state index in [2.05, 4.69) is 10.1 Å². The fourth-order valence-corrected chi connectivity index (χ4v) is 3.16. The molecule has 0 saturated carbocycles. The molecular weight excluding hydrogens is 308 g/mol. The average Bonchev–Trinajstić information content (AvgIpc) is 3.10. The third-order valence-electron chi connectivity index (χ3n) is 3.14. The summed E-state index contributed by atoms with van der Waals surface area (Å²) in [6.45, 7) is 0.422. The summed E-state index contributed by atoms with van der Waals surface area (Å²) in [4.78, 5) is 16.4. The molecule has 0 atom stereocenters. The van der Waals surface area contributed by atoms with Gasteiger partial charge in [0.15, 0.2) is 0 Å². The van der Waals surface area contributed by atoms with Crippen molar-refractivity contribution >= 4 is 22.9 Å². The number of halogens is 1. The molecule has 0 unspecified atom stereocenters. The third-order valence-corrected chi connectivity index (χ3v) is 4.34. The number of aryl methyl sites for hydroxylation is 1. The zero-order chi connectivity index (χ0) is 14.8. The van der Waals surface area contributed by atoms with Crippen LogP contribution < -0.4 is 5.69 Å². The Morgan fingerprint density at radius 3 is 2.81 bits per heavy atom. The van der Waals surface area contributed by atoms with Gasteiger partial charge < -0.3 is 0 Å². The van der Waals surface area contributed by atoms with Crippen LogP contribution in [0.15, 0.2) is 40.8 Å². The van der Waals surface area contributed by atoms with Gasteiger partial charge in [-0.1, -0.05) is 24.3 Å². The number of aromatic nitrogens is 4. The van der Waals surface area contributed by atoms with Gasteiger partial charge in [-0.3, -0.25) is 4.57 Å². The summed E-state index contributed by atoms with van der Waals surface area (Å²) in [5.41, 5.74) is 2.75. The van der Waals surface area contributed by atoms with E-state index in [0.717, 1.165) is 21.8 Å². The van der Waals surface area contributed by atoms with E-state index < -0.39 is 0 Å². The summed E-state index contributed by atoms with van der Waals surface area (Å²) in [6, 6.07) is 7.89. The van der Waals surface area contributed by atoms with Gasteiger partial charge >= 0.3 is 5.69 Å².